The standard InChI is InChI=1S/C28H31N7O5/c29-21(10-17-6-2-1-3-7-17)26(37)32-15-25(36)34-23(11-18-13-31-22-9-5-4-8-20(18)22)27(38)35-24(28(39)40)12-19-14-30-16-33-19/h1-9,13-14,16,21,23-24,31H,10-12,15,29H2,(H,30,33)(H,32,37)(H,34,36)(H,35,38)(H,39,40). The number of aliphatic carboxylic acids is 1. The monoisotopic (exact) mass is 545 g/mol. The minimum absolute atomic E-state index is 0.0236. The second-order valence-electron chi connectivity index (χ2n) is 9.38. The smallest absolute Gasteiger partial charge is 0.326 e. The fraction of sp³-hybridized carbons (Fsp3) is 0.250. The largest absolute Gasteiger partial charge is 0.480 e. The van der Waals surface area contributed by atoms with Gasteiger partial charge in [0.25, 0.3) is 0 Å². The number of benzene rings is 2. The number of rotatable bonds is 13. The highest BCUT2D eigenvalue weighted by atomic mass is 16.4. The van der Waals surface area contributed by atoms with Gasteiger partial charge in [0.15, 0.2) is 0 Å². The van der Waals surface area contributed by atoms with Crippen LogP contribution in [0.1, 0.15) is 16.8 Å². The summed E-state index contributed by atoms with van der Waals surface area (Å²) in [6.07, 6.45) is 4.98. The number of amides is 3. The molecule has 2 aromatic heterocycles. The molecule has 0 saturated carbocycles. The first-order chi connectivity index (χ1) is 19.3. The number of hydrogen-bond acceptors (Lipinski definition) is 6. The Balaban J connectivity index is 1.42. The summed E-state index contributed by atoms with van der Waals surface area (Å²) < 4.78 is 0. The molecule has 12 heteroatoms. The van der Waals surface area contributed by atoms with Crippen LogP contribution in [0.3, 0.4) is 0 Å². The molecule has 4 aromatic rings. The molecule has 8 N–H and O–H groups in total. The first-order valence-electron chi connectivity index (χ1n) is 12.7. The third kappa shape index (κ3) is 7.54. The van der Waals surface area contributed by atoms with Gasteiger partial charge in [-0.15, -0.1) is 0 Å². The lowest BCUT2D eigenvalue weighted by atomic mass is 10.0. The molecule has 4 rings (SSSR count). The number of carboxylic acid groups (broad SMARTS) is 1. The van der Waals surface area contributed by atoms with Crippen molar-refractivity contribution < 1.29 is 24.3 Å². The SMILES string of the molecule is NC(Cc1ccccc1)C(=O)NCC(=O)NC(Cc1c[nH]c2ccccc12)C(=O)NC(Cc1cnc[nH]1)C(=O)O. The zero-order valence-electron chi connectivity index (χ0n) is 21.6. The summed E-state index contributed by atoms with van der Waals surface area (Å²) in [6, 6.07) is 13.5. The lowest BCUT2D eigenvalue weighted by molar-refractivity contribution is -0.142. The number of hydrogen-bond donors (Lipinski definition) is 7. The van der Waals surface area contributed by atoms with E-state index in [-0.39, 0.29) is 12.8 Å². The fourth-order valence-corrected chi connectivity index (χ4v) is 4.32. The molecule has 0 aliphatic heterocycles. The van der Waals surface area contributed by atoms with E-state index in [0.29, 0.717) is 12.1 Å². The summed E-state index contributed by atoms with van der Waals surface area (Å²) >= 11 is 0. The van der Waals surface area contributed by atoms with Crippen molar-refractivity contribution in [2.45, 2.75) is 37.4 Å². The van der Waals surface area contributed by atoms with E-state index in [2.05, 4.69) is 30.9 Å². The first-order valence-corrected chi connectivity index (χ1v) is 12.7. The summed E-state index contributed by atoms with van der Waals surface area (Å²) in [6.45, 7) is -0.407. The summed E-state index contributed by atoms with van der Waals surface area (Å²) in [7, 11) is 0. The molecule has 3 amide bonds. The Bertz CT molecular complexity index is 1450. The van der Waals surface area contributed by atoms with Crippen molar-refractivity contribution in [2.75, 3.05) is 6.54 Å². The van der Waals surface area contributed by atoms with Crippen molar-refractivity contribution >= 4 is 34.6 Å². The molecule has 0 saturated heterocycles. The number of fused-ring (bicyclic) bond motifs is 1. The Labute approximate surface area is 229 Å². The topological polar surface area (TPSA) is 195 Å². The molecular formula is C28H31N7O5. The van der Waals surface area contributed by atoms with Crippen LogP contribution in [0.25, 0.3) is 10.9 Å². The van der Waals surface area contributed by atoms with Gasteiger partial charge in [-0.3, -0.25) is 14.4 Å². The number of nitrogens with two attached hydrogens (primary N) is 1. The molecule has 0 fully saturated rings. The number of aromatic amines is 2. The summed E-state index contributed by atoms with van der Waals surface area (Å²) in [5.41, 5.74) is 9.01. The molecule has 3 unspecified atom stereocenters. The third-order valence-corrected chi connectivity index (χ3v) is 6.40. The van der Waals surface area contributed by atoms with E-state index >= 15 is 0 Å². The van der Waals surface area contributed by atoms with E-state index in [1.165, 1.54) is 12.5 Å². The molecule has 0 aliphatic carbocycles. The minimum Gasteiger partial charge on any atom is -0.480 e. The maximum Gasteiger partial charge on any atom is 0.326 e. The third-order valence-electron chi connectivity index (χ3n) is 6.40. The second-order valence-corrected chi connectivity index (χ2v) is 9.38. The highest BCUT2D eigenvalue weighted by Gasteiger charge is 2.28. The van der Waals surface area contributed by atoms with Crippen LogP contribution < -0.4 is 21.7 Å². The van der Waals surface area contributed by atoms with Gasteiger partial charge in [-0.2, -0.15) is 0 Å². The number of carbonyl (C=O) groups is 4. The van der Waals surface area contributed by atoms with Gasteiger partial charge in [-0.1, -0.05) is 48.5 Å². The van der Waals surface area contributed by atoms with Crippen LogP contribution in [0.15, 0.2) is 73.3 Å². The van der Waals surface area contributed by atoms with Gasteiger partial charge < -0.3 is 36.8 Å². The summed E-state index contributed by atoms with van der Waals surface area (Å²) in [5.74, 6) is -3.06. The number of nitrogens with zero attached hydrogens (tertiary/aromatic N) is 1. The van der Waals surface area contributed by atoms with Crippen LogP contribution in [0.5, 0.6) is 0 Å². The van der Waals surface area contributed by atoms with Gasteiger partial charge in [0.05, 0.1) is 18.9 Å². The first kappa shape index (κ1) is 28.0. The molecule has 12 nitrogen and oxygen atoms in total. The van der Waals surface area contributed by atoms with Crippen molar-refractivity contribution in [1.29, 1.82) is 0 Å². The minimum atomic E-state index is -1.26. The van der Waals surface area contributed by atoms with E-state index in [9.17, 15) is 24.3 Å². The van der Waals surface area contributed by atoms with Crippen molar-refractivity contribution in [3.63, 3.8) is 0 Å². The summed E-state index contributed by atoms with van der Waals surface area (Å²) in [4.78, 5) is 60.3. The van der Waals surface area contributed by atoms with E-state index in [0.717, 1.165) is 22.0 Å². The fourth-order valence-electron chi connectivity index (χ4n) is 4.32. The predicted octanol–water partition coefficient (Wildman–Crippen LogP) is 0.417. The van der Waals surface area contributed by atoms with Gasteiger partial charge in [0, 0.05) is 41.8 Å². The van der Waals surface area contributed by atoms with Gasteiger partial charge in [-0.25, -0.2) is 9.78 Å². The van der Waals surface area contributed by atoms with Crippen LogP contribution in [0.2, 0.25) is 0 Å². The van der Waals surface area contributed by atoms with Crippen LogP contribution in [0.4, 0.5) is 0 Å². The number of nitrogens with one attached hydrogen (secondary N) is 5. The Morgan fingerprint density at radius 3 is 2.35 bits per heavy atom. The predicted molar refractivity (Wildman–Crippen MR) is 147 cm³/mol. The molecule has 208 valence electrons. The molecular weight excluding hydrogens is 514 g/mol. The Morgan fingerprint density at radius 1 is 0.875 bits per heavy atom. The van der Waals surface area contributed by atoms with Crippen molar-refractivity contribution in [3.05, 3.63) is 90.1 Å². The van der Waals surface area contributed by atoms with E-state index in [4.69, 9.17) is 5.73 Å². The maximum atomic E-state index is 13.3. The molecule has 2 heterocycles. The van der Waals surface area contributed by atoms with Gasteiger partial charge in [-0.05, 0) is 23.6 Å². The Hall–Kier alpha value is -4.97. The normalized spacial score (nSPS) is 13.2. The molecule has 2 aromatic carbocycles. The molecule has 0 radical (unpaired) electrons. The van der Waals surface area contributed by atoms with Gasteiger partial charge >= 0.3 is 5.97 Å². The number of para-hydroxylation sites is 1. The highest BCUT2D eigenvalue weighted by molar-refractivity contribution is 5.93. The highest BCUT2D eigenvalue weighted by Crippen LogP contribution is 2.19. The average Bonchev–Trinajstić information content (AvgIpc) is 3.61. The van der Waals surface area contributed by atoms with E-state index in [1.807, 2.05) is 54.6 Å². The van der Waals surface area contributed by atoms with Crippen LogP contribution >= 0.6 is 0 Å². The van der Waals surface area contributed by atoms with E-state index in [1.54, 1.807) is 6.20 Å². The number of imidazole rings is 1. The Morgan fingerprint density at radius 2 is 1.62 bits per heavy atom. The maximum absolute atomic E-state index is 13.3. The van der Waals surface area contributed by atoms with E-state index < -0.39 is 48.4 Å². The molecule has 0 spiro atoms. The zero-order valence-corrected chi connectivity index (χ0v) is 21.6. The number of carboxylic acids is 1. The van der Waals surface area contributed by atoms with Crippen LogP contribution in [-0.4, -0.2) is 68.4 Å². The number of carbonyl (C=O) groups excluding carboxylic acids is 3. The van der Waals surface area contributed by atoms with Crippen molar-refractivity contribution in [1.82, 2.24) is 30.9 Å². The number of H-pyrrole nitrogens is 2. The van der Waals surface area contributed by atoms with Crippen molar-refractivity contribution in [2.24, 2.45) is 5.73 Å². The molecule has 40 heavy (non-hydrogen) atoms. The lowest BCUT2D eigenvalue weighted by Gasteiger charge is -2.21. The van der Waals surface area contributed by atoms with Crippen LogP contribution in [0, 0.1) is 0 Å². The summed E-state index contributed by atoms with van der Waals surface area (Å²) in [5, 5.41) is 18.2. The average molecular weight is 546 g/mol. The second kappa shape index (κ2) is 13.2. The zero-order chi connectivity index (χ0) is 28.5. The molecule has 0 bridgehead atoms. The van der Waals surface area contributed by atoms with Gasteiger partial charge in [0.2, 0.25) is 17.7 Å². The Kier molecular flexibility index (Phi) is 9.26. The quantitative estimate of drug-likeness (QED) is 0.126. The van der Waals surface area contributed by atoms with Crippen molar-refractivity contribution in [3.8, 4) is 0 Å². The van der Waals surface area contributed by atoms with Crippen LogP contribution in [-0.2, 0) is 38.4 Å². The molecule has 3 atom stereocenters. The molecule has 0 aliphatic rings. The van der Waals surface area contributed by atoms with Gasteiger partial charge in [0.1, 0.15) is 12.1 Å². The number of aromatic nitrogens is 3. The lowest BCUT2D eigenvalue weighted by Crippen LogP contribution is -2.55.